The summed E-state index contributed by atoms with van der Waals surface area (Å²) in [5.41, 5.74) is -0.958. The molecule has 2 amide bonds. The number of aliphatic hydroxyl groups is 1. The molecule has 0 aromatic rings. The zero-order valence-corrected chi connectivity index (χ0v) is 35.9. The molecule has 0 spiro atoms. The van der Waals surface area contributed by atoms with E-state index < -0.39 is 29.9 Å². The maximum Gasteiger partial charge on any atom is 0.407 e. The molecule has 0 aromatic carbocycles. The van der Waals surface area contributed by atoms with E-state index in [0.29, 0.717) is 6.42 Å². The Morgan fingerprint density at radius 1 is 0.518 bits per heavy atom. The van der Waals surface area contributed by atoms with Crippen LogP contribution in [-0.4, -0.2) is 100 Å². The molecule has 330 valence electrons. The van der Waals surface area contributed by atoms with Crippen molar-refractivity contribution in [3.63, 3.8) is 0 Å². The molecule has 0 aliphatic carbocycles. The van der Waals surface area contributed by atoms with E-state index in [1.807, 2.05) is 0 Å². The predicted molar refractivity (Wildman–Crippen MR) is 220 cm³/mol. The molecule has 0 rings (SSSR count). The lowest BCUT2D eigenvalue weighted by atomic mass is 10.1. The van der Waals surface area contributed by atoms with Crippen LogP contribution >= 0.6 is 0 Å². The Morgan fingerprint density at radius 2 is 0.911 bits per heavy atom. The largest absolute Gasteiger partial charge is 0.462 e. The van der Waals surface area contributed by atoms with Crippen molar-refractivity contribution < 1.29 is 52.7 Å². The zero-order chi connectivity index (χ0) is 41.4. The van der Waals surface area contributed by atoms with E-state index in [1.54, 1.807) is 13.8 Å². The van der Waals surface area contributed by atoms with Crippen LogP contribution in [0.2, 0.25) is 0 Å². The van der Waals surface area contributed by atoms with Crippen molar-refractivity contribution in [2.75, 3.05) is 59.3 Å². The van der Waals surface area contributed by atoms with Gasteiger partial charge in [-0.3, -0.25) is 9.59 Å². The number of hydrogen-bond acceptors (Lipinski definition) is 11. The molecule has 0 aromatic heterocycles. The number of nitrogens with one attached hydrogen (secondary N) is 2. The lowest BCUT2D eigenvalue weighted by Gasteiger charge is -2.22. The number of amides is 2. The maximum absolute atomic E-state index is 12.7. The van der Waals surface area contributed by atoms with Gasteiger partial charge in [-0.25, -0.2) is 9.59 Å². The van der Waals surface area contributed by atoms with Crippen LogP contribution in [0.3, 0.4) is 0 Å². The second-order valence-electron chi connectivity index (χ2n) is 15.4. The van der Waals surface area contributed by atoms with Gasteiger partial charge in [-0.15, -0.1) is 0 Å². The van der Waals surface area contributed by atoms with Crippen LogP contribution in [0.1, 0.15) is 182 Å². The number of hydrogen-bond donors (Lipinski definition) is 3. The molecule has 1 unspecified atom stereocenters. The zero-order valence-electron chi connectivity index (χ0n) is 35.9. The molecular weight excluding hydrogens is 720 g/mol. The molecule has 0 radical (unpaired) electrons. The Bertz CT molecular complexity index is 951. The number of ether oxygens (including phenoxy) is 6. The third kappa shape index (κ3) is 38.2. The van der Waals surface area contributed by atoms with Gasteiger partial charge in [-0.1, -0.05) is 142 Å². The van der Waals surface area contributed by atoms with Crippen molar-refractivity contribution in [1.82, 2.24) is 10.6 Å². The van der Waals surface area contributed by atoms with Crippen LogP contribution in [0.25, 0.3) is 0 Å². The molecule has 0 heterocycles. The van der Waals surface area contributed by atoms with Crippen LogP contribution in [-0.2, 0) is 38.0 Å². The summed E-state index contributed by atoms with van der Waals surface area (Å²) in [6, 6.07) is 0. The summed E-state index contributed by atoms with van der Waals surface area (Å²) in [6.07, 6.45) is 24.4. The number of rotatable bonds is 40. The van der Waals surface area contributed by atoms with E-state index in [4.69, 9.17) is 33.5 Å². The van der Waals surface area contributed by atoms with Crippen molar-refractivity contribution in [2.24, 2.45) is 0 Å². The molecule has 13 heteroatoms. The Hall–Kier alpha value is -2.64. The second-order valence-corrected chi connectivity index (χ2v) is 15.4. The van der Waals surface area contributed by atoms with E-state index in [-0.39, 0.29) is 71.7 Å². The van der Waals surface area contributed by atoms with Gasteiger partial charge in [-0.05, 0) is 26.7 Å². The number of aliphatic hydroxyl groups excluding tert-OH is 1. The summed E-state index contributed by atoms with van der Waals surface area (Å²) >= 11 is 0. The fraction of sp³-hybridized carbons (Fsp3) is 0.907. The molecule has 0 aliphatic rings. The molecule has 56 heavy (non-hydrogen) atoms. The van der Waals surface area contributed by atoms with Gasteiger partial charge in [0.25, 0.3) is 0 Å². The van der Waals surface area contributed by atoms with E-state index >= 15 is 0 Å². The fourth-order valence-corrected chi connectivity index (χ4v) is 5.80. The van der Waals surface area contributed by atoms with Gasteiger partial charge in [0.2, 0.25) is 0 Å². The Labute approximate surface area is 339 Å². The molecular formula is C43H82N2O11. The number of unbranched alkanes of at least 4 members (excludes halogenated alkanes) is 20. The Balaban J connectivity index is 4.37. The highest BCUT2D eigenvalue weighted by molar-refractivity contribution is 5.70. The number of esters is 2. The highest BCUT2D eigenvalue weighted by Gasteiger charge is 2.21. The third-order valence-corrected chi connectivity index (χ3v) is 9.25. The lowest BCUT2D eigenvalue weighted by Crippen LogP contribution is -2.38. The predicted octanol–water partition coefficient (Wildman–Crippen LogP) is 9.10. The maximum atomic E-state index is 12.7. The normalized spacial score (nSPS) is 11.9. The first-order chi connectivity index (χ1) is 27.1. The fourth-order valence-electron chi connectivity index (χ4n) is 5.80. The van der Waals surface area contributed by atoms with E-state index in [0.717, 1.165) is 38.5 Å². The van der Waals surface area contributed by atoms with Crippen molar-refractivity contribution in [3.05, 3.63) is 0 Å². The van der Waals surface area contributed by atoms with Crippen LogP contribution in [0, 0.1) is 0 Å². The number of carbonyl (C=O) groups excluding carboxylic acids is 4. The van der Waals surface area contributed by atoms with Crippen LogP contribution in [0.5, 0.6) is 0 Å². The van der Waals surface area contributed by atoms with Gasteiger partial charge in [0.1, 0.15) is 18.8 Å². The van der Waals surface area contributed by atoms with E-state index in [1.165, 1.54) is 103 Å². The smallest absolute Gasteiger partial charge is 0.407 e. The summed E-state index contributed by atoms with van der Waals surface area (Å²) in [5.74, 6) is -0.743. The molecule has 0 saturated carbocycles. The SMILES string of the molecule is CCCCCCCCCCCCCC(=O)OCC(COC(=O)NCCOCCOCCNC(=O)OC(C)(C)CO)OC(=O)CCCCCCCCCCCCC. The molecule has 0 bridgehead atoms. The molecule has 0 aliphatic heterocycles. The van der Waals surface area contributed by atoms with Gasteiger partial charge in [0.15, 0.2) is 6.10 Å². The molecule has 0 fully saturated rings. The first-order valence-electron chi connectivity index (χ1n) is 22.1. The summed E-state index contributed by atoms with van der Waals surface area (Å²) in [4.78, 5) is 49.1. The van der Waals surface area contributed by atoms with Crippen molar-refractivity contribution in [2.45, 2.75) is 193 Å². The van der Waals surface area contributed by atoms with Gasteiger partial charge in [-0.2, -0.15) is 0 Å². The Morgan fingerprint density at radius 3 is 1.36 bits per heavy atom. The number of alkyl carbamates (subject to hydrolysis) is 2. The molecule has 1 atom stereocenters. The van der Waals surface area contributed by atoms with Crippen molar-refractivity contribution >= 4 is 24.1 Å². The van der Waals surface area contributed by atoms with Crippen molar-refractivity contribution in [3.8, 4) is 0 Å². The van der Waals surface area contributed by atoms with E-state index in [9.17, 15) is 19.2 Å². The van der Waals surface area contributed by atoms with Crippen LogP contribution < -0.4 is 10.6 Å². The molecule has 0 saturated heterocycles. The summed E-state index contributed by atoms with van der Waals surface area (Å²) in [7, 11) is 0. The average Bonchev–Trinajstić information content (AvgIpc) is 3.17. The van der Waals surface area contributed by atoms with Crippen LogP contribution in [0.15, 0.2) is 0 Å². The molecule has 3 N–H and O–H groups in total. The molecule has 13 nitrogen and oxygen atoms in total. The topological polar surface area (TPSA) is 168 Å². The quantitative estimate of drug-likeness (QED) is 0.0307. The summed E-state index contributed by atoms with van der Waals surface area (Å²) < 4.78 is 32.2. The summed E-state index contributed by atoms with van der Waals surface area (Å²) in [6.45, 7) is 8.42. The van der Waals surface area contributed by atoms with Gasteiger partial charge >= 0.3 is 24.1 Å². The van der Waals surface area contributed by atoms with Gasteiger partial charge < -0.3 is 44.2 Å². The number of carbonyl (C=O) groups is 4. The van der Waals surface area contributed by atoms with Gasteiger partial charge in [0.05, 0.1) is 33.0 Å². The monoisotopic (exact) mass is 803 g/mol. The van der Waals surface area contributed by atoms with Crippen LogP contribution in [0.4, 0.5) is 9.59 Å². The third-order valence-electron chi connectivity index (χ3n) is 9.25. The lowest BCUT2D eigenvalue weighted by molar-refractivity contribution is -0.161. The standard InChI is InChI=1S/C43H82N2O11/c1-5-7-9-11-13-15-17-19-21-23-25-27-39(47)53-35-38(55-40(48)28-26-24-22-20-18-16-14-12-10-8-6-2)36-54-41(49)44-29-31-51-33-34-52-32-30-45-42(50)56-43(3,4)37-46/h38,46H,5-37H2,1-4H3,(H,44,49)(H,45,50). The first kappa shape index (κ1) is 53.4. The van der Waals surface area contributed by atoms with Crippen molar-refractivity contribution in [1.29, 1.82) is 0 Å². The minimum Gasteiger partial charge on any atom is -0.462 e. The summed E-state index contributed by atoms with van der Waals surface area (Å²) in [5, 5.41) is 14.3. The Kier molecular flexibility index (Phi) is 37.3. The van der Waals surface area contributed by atoms with Gasteiger partial charge in [0, 0.05) is 25.9 Å². The van der Waals surface area contributed by atoms with E-state index in [2.05, 4.69) is 24.5 Å². The minimum atomic E-state index is -0.958. The first-order valence-corrected chi connectivity index (χ1v) is 22.1. The minimum absolute atomic E-state index is 0.172. The highest BCUT2D eigenvalue weighted by atomic mass is 16.6. The second kappa shape index (κ2) is 39.2. The highest BCUT2D eigenvalue weighted by Crippen LogP contribution is 2.14. The average molecular weight is 803 g/mol.